The average Bonchev–Trinajstić information content (AvgIpc) is 3.23. The van der Waals surface area contributed by atoms with Gasteiger partial charge in [0, 0.05) is 12.7 Å². The number of hydrogen-bond acceptors (Lipinski definition) is 7. The van der Waals surface area contributed by atoms with Crippen molar-refractivity contribution in [1.29, 1.82) is 5.26 Å². The topological polar surface area (TPSA) is 116 Å². The molecule has 3 rings (SSSR count). The molecule has 2 aromatic rings. The highest BCUT2D eigenvalue weighted by Crippen LogP contribution is 2.38. The van der Waals surface area contributed by atoms with E-state index in [9.17, 15) is 39.6 Å². The maximum Gasteiger partial charge on any atom is 0.417 e. The van der Waals surface area contributed by atoms with Crippen molar-refractivity contribution in [2.24, 2.45) is 0 Å². The van der Waals surface area contributed by atoms with Gasteiger partial charge in [-0.15, -0.1) is 0 Å². The van der Waals surface area contributed by atoms with E-state index in [-0.39, 0.29) is 11.6 Å². The number of benzene rings is 1. The summed E-state index contributed by atoms with van der Waals surface area (Å²) in [6, 6.07) is 4.80. The summed E-state index contributed by atoms with van der Waals surface area (Å²) in [6.07, 6.45) is -9.23. The highest BCUT2D eigenvalue weighted by atomic mass is 32.2. The van der Waals surface area contributed by atoms with Gasteiger partial charge in [0.05, 0.1) is 15.7 Å². The van der Waals surface area contributed by atoms with Gasteiger partial charge in [-0.3, -0.25) is 4.79 Å². The van der Waals surface area contributed by atoms with Gasteiger partial charge >= 0.3 is 12.4 Å². The summed E-state index contributed by atoms with van der Waals surface area (Å²) in [7, 11) is -4.69. The predicted molar refractivity (Wildman–Crippen MR) is 104 cm³/mol. The quantitative estimate of drug-likeness (QED) is 0.618. The highest BCUT2D eigenvalue weighted by molar-refractivity contribution is 7.92. The minimum absolute atomic E-state index is 0.138. The summed E-state index contributed by atoms with van der Waals surface area (Å²) in [5, 5.41) is 9.06. The first-order chi connectivity index (χ1) is 15.7. The number of amides is 1. The highest BCUT2D eigenvalue weighted by Gasteiger charge is 2.47. The third-order valence-corrected chi connectivity index (χ3v) is 7.19. The van der Waals surface area contributed by atoms with E-state index in [2.05, 4.69) is 9.97 Å². The Morgan fingerprint density at radius 2 is 1.85 bits per heavy atom. The maximum absolute atomic E-state index is 13.4. The molecule has 0 saturated carbocycles. The van der Waals surface area contributed by atoms with E-state index in [0.717, 1.165) is 29.3 Å². The lowest BCUT2D eigenvalue weighted by Crippen LogP contribution is -2.46. The number of nitriles is 1. The molecule has 1 aromatic heterocycles. The van der Waals surface area contributed by atoms with E-state index in [1.54, 1.807) is 11.4 Å². The number of carbonyl (C=O) groups excluding carboxylic acids is 1. The monoisotopic (exact) mass is 507 g/mol. The third-order valence-electron chi connectivity index (χ3n) is 5.00. The molecule has 1 amide bonds. The molecule has 15 heteroatoms. The number of nitrogens with zero attached hydrogens (tertiary/aromatic N) is 4. The first kappa shape index (κ1) is 25.2. The fraction of sp³-hybridized carbons (Fsp3) is 0.368. The predicted octanol–water partition coefficient (Wildman–Crippen LogP) is 2.47. The van der Waals surface area contributed by atoms with Gasteiger partial charge in [-0.25, -0.2) is 18.4 Å². The Labute approximate surface area is 189 Å². The van der Waals surface area contributed by atoms with Crippen LogP contribution in [0.4, 0.5) is 32.2 Å². The minimum atomic E-state index is -4.99. The van der Waals surface area contributed by atoms with Crippen molar-refractivity contribution in [3.05, 3.63) is 47.9 Å². The first-order valence-electron chi connectivity index (χ1n) is 9.48. The van der Waals surface area contributed by atoms with Crippen LogP contribution in [0.5, 0.6) is 0 Å². The lowest BCUT2D eigenvalue weighted by atomic mass is 10.2. The Morgan fingerprint density at radius 1 is 1.18 bits per heavy atom. The van der Waals surface area contributed by atoms with E-state index < -0.39 is 69.4 Å². The van der Waals surface area contributed by atoms with Gasteiger partial charge in [0.2, 0.25) is 11.7 Å². The summed E-state index contributed by atoms with van der Waals surface area (Å²) in [5.74, 6) is -1.70. The first-order valence-corrected chi connectivity index (χ1v) is 11.0. The molecule has 1 aliphatic rings. The van der Waals surface area contributed by atoms with Crippen LogP contribution in [-0.2, 0) is 20.8 Å². The average molecular weight is 507 g/mol. The standard InChI is InChI=1S/C19H15F6N5O3S/c20-18(21,22)10-28-17(31)13-7-11(9-30(13)16-5-6-27-15(8-26)29-16)34(32,33)14-4-2-1-3-12(14)19(23,24)25/h1-6,11,13H,7,9-10H2,(H,28,31)/t11-,13-/m0/s1. The Hall–Kier alpha value is -3.41. The summed E-state index contributed by atoms with van der Waals surface area (Å²) in [5.41, 5.74) is -1.40. The van der Waals surface area contributed by atoms with Gasteiger partial charge in [-0.2, -0.15) is 31.6 Å². The van der Waals surface area contributed by atoms with Crippen LogP contribution in [0.3, 0.4) is 0 Å². The van der Waals surface area contributed by atoms with Crippen LogP contribution in [0.2, 0.25) is 0 Å². The van der Waals surface area contributed by atoms with Gasteiger partial charge in [0.1, 0.15) is 24.5 Å². The summed E-state index contributed by atoms with van der Waals surface area (Å²) in [4.78, 5) is 20.0. The summed E-state index contributed by atoms with van der Waals surface area (Å²) >= 11 is 0. The van der Waals surface area contributed by atoms with Crippen molar-refractivity contribution in [1.82, 2.24) is 15.3 Å². The molecule has 1 fully saturated rings. The molecule has 1 N–H and O–H groups in total. The van der Waals surface area contributed by atoms with Gasteiger partial charge in [-0.05, 0) is 24.6 Å². The van der Waals surface area contributed by atoms with E-state index in [0.29, 0.717) is 6.07 Å². The zero-order valence-corrected chi connectivity index (χ0v) is 17.7. The van der Waals surface area contributed by atoms with Gasteiger partial charge in [0.15, 0.2) is 9.84 Å². The van der Waals surface area contributed by atoms with E-state index in [1.807, 2.05) is 0 Å². The van der Waals surface area contributed by atoms with E-state index in [4.69, 9.17) is 5.26 Å². The van der Waals surface area contributed by atoms with Crippen LogP contribution in [-0.4, -0.2) is 54.9 Å². The Bertz CT molecular complexity index is 1230. The number of aromatic nitrogens is 2. The SMILES string of the molecule is N#Cc1nccc(N2C[C@@H](S(=O)(=O)c3ccccc3C(F)(F)F)C[C@H]2C(=O)NCC(F)(F)F)n1. The molecule has 8 nitrogen and oxygen atoms in total. The summed E-state index contributed by atoms with van der Waals surface area (Å²) in [6.45, 7) is -2.25. The fourth-order valence-corrected chi connectivity index (χ4v) is 5.43. The zero-order chi connectivity index (χ0) is 25.3. The molecule has 34 heavy (non-hydrogen) atoms. The number of hydrogen-bond donors (Lipinski definition) is 1. The fourth-order valence-electron chi connectivity index (χ4n) is 3.52. The number of alkyl halides is 6. The molecule has 0 radical (unpaired) electrons. The number of halogens is 6. The van der Waals surface area contributed by atoms with Gasteiger partial charge in [0.25, 0.3) is 0 Å². The summed E-state index contributed by atoms with van der Waals surface area (Å²) < 4.78 is 104. The molecular weight excluding hydrogens is 492 g/mol. The van der Waals surface area contributed by atoms with Crippen molar-refractivity contribution in [2.75, 3.05) is 18.0 Å². The van der Waals surface area contributed by atoms with Crippen LogP contribution in [0.15, 0.2) is 41.4 Å². The van der Waals surface area contributed by atoms with Crippen LogP contribution in [0.25, 0.3) is 0 Å². The molecule has 2 heterocycles. The second kappa shape index (κ2) is 9.09. The number of anilines is 1. The molecule has 1 aliphatic heterocycles. The molecule has 0 bridgehead atoms. The normalized spacial score (nSPS) is 19.0. The molecule has 0 unspecified atom stereocenters. The molecule has 0 aliphatic carbocycles. The third kappa shape index (κ3) is 5.38. The van der Waals surface area contributed by atoms with Gasteiger partial charge < -0.3 is 10.2 Å². The largest absolute Gasteiger partial charge is 0.417 e. The zero-order valence-electron chi connectivity index (χ0n) is 16.9. The van der Waals surface area contributed by atoms with Crippen LogP contribution >= 0.6 is 0 Å². The lowest BCUT2D eigenvalue weighted by molar-refractivity contribution is -0.139. The molecular formula is C19H15F6N5O3S. The number of rotatable bonds is 5. The lowest BCUT2D eigenvalue weighted by Gasteiger charge is -2.24. The van der Waals surface area contributed by atoms with Gasteiger partial charge in [-0.1, -0.05) is 12.1 Å². The van der Waals surface area contributed by atoms with E-state index in [1.165, 1.54) is 6.07 Å². The number of nitrogens with one attached hydrogen (secondary N) is 1. The van der Waals surface area contributed by atoms with Crippen molar-refractivity contribution in [2.45, 2.75) is 35.0 Å². The minimum Gasteiger partial charge on any atom is -0.345 e. The number of sulfone groups is 1. The second-order valence-corrected chi connectivity index (χ2v) is 9.44. The maximum atomic E-state index is 13.4. The van der Waals surface area contributed by atoms with Crippen LogP contribution in [0.1, 0.15) is 17.8 Å². The molecule has 0 spiro atoms. The smallest absolute Gasteiger partial charge is 0.345 e. The van der Waals surface area contributed by atoms with Crippen molar-refractivity contribution in [3.63, 3.8) is 0 Å². The van der Waals surface area contributed by atoms with Crippen LogP contribution in [0, 0.1) is 11.3 Å². The molecule has 1 aromatic carbocycles. The molecule has 1 saturated heterocycles. The molecule has 182 valence electrons. The Balaban J connectivity index is 2.01. The van der Waals surface area contributed by atoms with E-state index >= 15 is 0 Å². The van der Waals surface area contributed by atoms with Crippen molar-refractivity contribution in [3.8, 4) is 6.07 Å². The number of carbonyl (C=O) groups is 1. The second-order valence-electron chi connectivity index (χ2n) is 7.25. The molecule has 2 atom stereocenters. The van der Waals surface area contributed by atoms with Crippen molar-refractivity contribution < 1.29 is 39.6 Å². The Kier molecular flexibility index (Phi) is 6.74. The Morgan fingerprint density at radius 3 is 2.47 bits per heavy atom. The van der Waals surface area contributed by atoms with Crippen LogP contribution < -0.4 is 10.2 Å². The van der Waals surface area contributed by atoms with Crippen molar-refractivity contribution >= 4 is 21.6 Å².